The fourth-order valence-corrected chi connectivity index (χ4v) is 4.87. The zero-order valence-corrected chi connectivity index (χ0v) is 16.2. The lowest BCUT2D eigenvalue weighted by atomic mass is 9.98. The second-order valence-corrected chi connectivity index (χ2v) is 8.90. The van der Waals surface area contributed by atoms with E-state index < -0.39 is 15.8 Å². The van der Waals surface area contributed by atoms with E-state index in [1.807, 2.05) is 31.2 Å². The van der Waals surface area contributed by atoms with Gasteiger partial charge in [0.25, 0.3) is 0 Å². The number of aromatic nitrogens is 2. The molecule has 1 fully saturated rings. The fraction of sp³-hybridized carbons (Fsp3) is 0.300. The number of halogens is 1. The summed E-state index contributed by atoms with van der Waals surface area (Å²) >= 11 is 0. The highest BCUT2D eigenvalue weighted by Gasteiger charge is 2.32. The molecular weight excluding hydrogens is 381 g/mol. The molecule has 0 amide bonds. The largest absolute Gasteiger partial charge is 0.339 e. The first-order valence-corrected chi connectivity index (χ1v) is 10.5. The number of sulfonamides is 1. The molecule has 0 bridgehead atoms. The Morgan fingerprint density at radius 1 is 1.11 bits per heavy atom. The van der Waals surface area contributed by atoms with Crippen molar-refractivity contribution in [1.82, 2.24) is 14.4 Å². The number of nitrogens with zero attached hydrogens (tertiary/aromatic N) is 3. The van der Waals surface area contributed by atoms with Crippen LogP contribution in [0.2, 0.25) is 0 Å². The van der Waals surface area contributed by atoms with E-state index in [2.05, 4.69) is 10.1 Å². The van der Waals surface area contributed by atoms with Crippen molar-refractivity contribution in [1.29, 1.82) is 0 Å². The number of benzene rings is 2. The second-order valence-electron chi connectivity index (χ2n) is 6.96. The minimum absolute atomic E-state index is 0.0192. The lowest BCUT2D eigenvalue weighted by Gasteiger charge is -2.29. The molecule has 146 valence electrons. The molecule has 28 heavy (non-hydrogen) atoms. The van der Waals surface area contributed by atoms with E-state index in [0.29, 0.717) is 37.6 Å². The van der Waals surface area contributed by atoms with Gasteiger partial charge in [-0.3, -0.25) is 0 Å². The van der Waals surface area contributed by atoms with Gasteiger partial charge in [-0.05, 0) is 50.1 Å². The first kappa shape index (κ1) is 18.8. The van der Waals surface area contributed by atoms with Crippen molar-refractivity contribution in [2.45, 2.75) is 30.6 Å². The van der Waals surface area contributed by atoms with Crippen molar-refractivity contribution in [3.05, 3.63) is 65.8 Å². The van der Waals surface area contributed by atoms with Gasteiger partial charge < -0.3 is 4.52 Å². The molecule has 0 spiro atoms. The van der Waals surface area contributed by atoms with E-state index in [1.165, 1.54) is 16.4 Å². The van der Waals surface area contributed by atoms with E-state index in [-0.39, 0.29) is 10.8 Å². The van der Waals surface area contributed by atoms with Crippen LogP contribution in [0, 0.1) is 12.7 Å². The van der Waals surface area contributed by atoms with Crippen LogP contribution < -0.4 is 0 Å². The minimum Gasteiger partial charge on any atom is -0.339 e. The second kappa shape index (κ2) is 7.44. The van der Waals surface area contributed by atoms with Gasteiger partial charge in [-0.25, -0.2) is 12.8 Å². The summed E-state index contributed by atoms with van der Waals surface area (Å²) in [6.07, 6.45) is 1.19. The van der Waals surface area contributed by atoms with Crippen LogP contribution in [0.3, 0.4) is 0 Å². The molecule has 0 atom stereocenters. The minimum atomic E-state index is -3.63. The Morgan fingerprint density at radius 3 is 2.50 bits per heavy atom. The summed E-state index contributed by atoms with van der Waals surface area (Å²) in [5.74, 6) is 0.639. The van der Waals surface area contributed by atoms with Crippen LogP contribution in [-0.4, -0.2) is 36.0 Å². The molecule has 3 aromatic rings. The maximum absolute atomic E-state index is 13.1. The molecule has 1 aliphatic heterocycles. The van der Waals surface area contributed by atoms with E-state index in [9.17, 15) is 12.8 Å². The number of rotatable bonds is 4. The Balaban J connectivity index is 1.45. The number of piperidine rings is 1. The van der Waals surface area contributed by atoms with Crippen molar-refractivity contribution in [2.75, 3.05) is 13.1 Å². The van der Waals surface area contributed by atoms with Crippen molar-refractivity contribution < 1.29 is 17.3 Å². The van der Waals surface area contributed by atoms with Crippen LogP contribution in [-0.2, 0) is 10.0 Å². The summed E-state index contributed by atoms with van der Waals surface area (Å²) in [4.78, 5) is 4.62. The number of hydrogen-bond donors (Lipinski definition) is 0. The molecule has 0 unspecified atom stereocenters. The predicted molar refractivity (Wildman–Crippen MR) is 102 cm³/mol. The molecule has 1 aromatic heterocycles. The SMILES string of the molecule is Cc1cccc(-c2noc(C3CCN(S(=O)(=O)c4ccc(F)cc4)CC3)n2)c1. The van der Waals surface area contributed by atoms with Gasteiger partial charge in [0.1, 0.15) is 5.82 Å². The summed E-state index contributed by atoms with van der Waals surface area (Å²) < 4.78 is 45.4. The highest BCUT2D eigenvalue weighted by molar-refractivity contribution is 7.89. The summed E-state index contributed by atoms with van der Waals surface area (Å²) in [5, 5.41) is 4.07. The van der Waals surface area contributed by atoms with Crippen LogP contribution in [0.25, 0.3) is 11.4 Å². The Labute approximate surface area is 163 Å². The van der Waals surface area contributed by atoms with Crippen molar-refractivity contribution in [3.63, 3.8) is 0 Å². The Kier molecular flexibility index (Phi) is 4.99. The zero-order valence-electron chi connectivity index (χ0n) is 15.4. The smallest absolute Gasteiger partial charge is 0.243 e. The highest BCUT2D eigenvalue weighted by atomic mass is 32.2. The molecule has 4 rings (SSSR count). The highest BCUT2D eigenvalue weighted by Crippen LogP contribution is 2.31. The first-order chi connectivity index (χ1) is 13.4. The molecule has 0 aliphatic carbocycles. The molecule has 1 aliphatic rings. The fourth-order valence-electron chi connectivity index (χ4n) is 3.40. The van der Waals surface area contributed by atoms with Crippen LogP contribution in [0.5, 0.6) is 0 Å². The predicted octanol–water partition coefficient (Wildman–Crippen LogP) is 3.75. The van der Waals surface area contributed by atoms with Gasteiger partial charge in [0.2, 0.25) is 21.7 Å². The van der Waals surface area contributed by atoms with Crippen LogP contribution in [0.1, 0.15) is 30.2 Å². The normalized spacial score (nSPS) is 16.4. The maximum Gasteiger partial charge on any atom is 0.243 e. The average Bonchev–Trinajstić information content (AvgIpc) is 3.19. The summed E-state index contributed by atoms with van der Waals surface area (Å²) in [6.45, 7) is 2.71. The molecule has 0 saturated carbocycles. The molecular formula is C20H20FN3O3S. The maximum atomic E-state index is 13.1. The van der Waals surface area contributed by atoms with Gasteiger partial charge in [-0.1, -0.05) is 28.9 Å². The lowest BCUT2D eigenvalue weighted by Crippen LogP contribution is -2.37. The Bertz CT molecular complexity index is 1070. The van der Waals surface area contributed by atoms with Crippen LogP contribution in [0.4, 0.5) is 4.39 Å². The van der Waals surface area contributed by atoms with Gasteiger partial charge >= 0.3 is 0 Å². The standard InChI is InChI=1S/C20H20FN3O3S/c1-14-3-2-4-16(13-14)19-22-20(27-23-19)15-9-11-24(12-10-15)28(25,26)18-7-5-17(21)6-8-18/h2-8,13,15H,9-12H2,1H3. The Morgan fingerprint density at radius 2 is 1.82 bits per heavy atom. The number of hydrogen-bond acceptors (Lipinski definition) is 5. The summed E-state index contributed by atoms with van der Waals surface area (Å²) in [7, 11) is -3.63. The molecule has 2 aromatic carbocycles. The van der Waals surface area contributed by atoms with Gasteiger partial charge in [0, 0.05) is 24.6 Å². The van der Waals surface area contributed by atoms with Gasteiger partial charge in [-0.15, -0.1) is 0 Å². The monoisotopic (exact) mass is 401 g/mol. The molecule has 6 nitrogen and oxygen atoms in total. The van der Waals surface area contributed by atoms with E-state index in [4.69, 9.17) is 4.52 Å². The van der Waals surface area contributed by atoms with Crippen molar-refractivity contribution >= 4 is 10.0 Å². The molecule has 8 heteroatoms. The molecule has 0 N–H and O–H groups in total. The summed E-state index contributed by atoms with van der Waals surface area (Å²) in [5.41, 5.74) is 2.01. The van der Waals surface area contributed by atoms with Gasteiger partial charge in [0.15, 0.2) is 0 Å². The lowest BCUT2D eigenvalue weighted by molar-refractivity contribution is 0.271. The molecule has 0 radical (unpaired) electrons. The van der Waals surface area contributed by atoms with E-state index in [0.717, 1.165) is 23.3 Å². The quantitative estimate of drug-likeness (QED) is 0.665. The van der Waals surface area contributed by atoms with E-state index in [1.54, 1.807) is 0 Å². The summed E-state index contributed by atoms with van der Waals surface area (Å²) in [6, 6.07) is 12.8. The third-order valence-corrected chi connectivity index (χ3v) is 6.89. The van der Waals surface area contributed by atoms with Gasteiger partial charge in [-0.2, -0.15) is 9.29 Å². The third-order valence-electron chi connectivity index (χ3n) is 4.97. The van der Waals surface area contributed by atoms with Crippen molar-refractivity contribution in [3.8, 4) is 11.4 Å². The first-order valence-electron chi connectivity index (χ1n) is 9.10. The number of aryl methyl sites for hydroxylation is 1. The topological polar surface area (TPSA) is 76.3 Å². The molecule has 2 heterocycles. The Hall–Kier alpha value is -2.58. The van der Waals surface area contributed by atoms with Crippen LogP contribution in [0.15, 0.2) is 57.9 Å². The zero-order chi connectivity index (χ0) is 19.7. The van der Waals surface area contributed by atoms with Crippen molar-refractivity contribution in [2.24, 2.45) is 0 Å². The third kappa shape index (κ3) is 3.70. The van der Waals surface area contributed by atoms with E-state index >= 15 is 0 Å². The van der Waals surface area contributed by atoms with Gasteiger partial charge in [0.05, 0.1) is 4.90 Å². The molecule has 1 saturated heterocycles. The average molecular weight is 401 g/mol. The van der Waals surface area contributed by atoms with Crippen LogP contribution >= 0.6 is 0 Å².